The van der Waals surface area contributed by atoms with Gasteiger partial charge in [0.2, 0.25) is 0 Å². The van der Waals surface area contributed by atoms with E-state index < -0.39 is 0 Å². The van der Waals surface area contributed by atoms with Gasteiger partial charge in [0.05, 0.1) is 44.8 Å². The first-order valence-corrected chi connectivity index (χ1v) is 27.5. The highest BCUT2D eigenvalue weighted by atomic mass is 15.1. The molecule has 14 aromatic rings. The van der Waals surface area contributed by atoms with Crippen LogP contribution in [0.5, 0.6) is 0 Å². The van der Waals surface area contributed by atoms with Crippen LogP contribution in [-0.4, -0.2) is 73.9 Å². The number of fused-ring (bicyclic) bond motifs is 6. The molecule has 0 spiro atoms. The van der Waals surface area contributed by atoms with E-state index in [1.165, 1.54) is 0 Å². The Morgan fingerprint density at radius 1 is 0.286 bits per heavy atom. The smallest absolute Gasteiger partial charge is 0.163 e. The van der Waals surface area contributed by atoms with E-state index in [1.54, 1.807) is 0 Å². The van der Waals surface area contributed by atoms with Crippen molar-refractivity contribution in [2.75, 3.05) is 0 Å². The maximum absolute atomic E-state index is 12.1. The minimum atomic E-state index is 0.420. The van der Waals surface area contributed by atoms with Crippen LogP contribution in [0.15, 0.2) is 158 Å². The van der Waals surface area contributed by atoms with Crippen LogP contribution in [0.2, 0.25) is 0 Å². The molecule has 0 aliphatic heterocycles. The van der Waals surface area contributed by atoms with E-state index in [0.717, 1.165) is 93.8 Å². The predicted molar refractivity (Wildman–Crippen MR) is 327 cm³/mol. The molecule has 0 bridgehead atoms. The van der Waals surface area contributed by atoms with Crippen LogP contribution in [0.25, 0.3) is 134 Å². The Balaban J connectivity index is 1.08. The third-order valence-corrected chi connectivity index (χ3v) is 15.0. The lowest BCUT2D eigenvalue weighted by Crippen LogP contribution is -2.06. The highest BCUT2D eigenvalue weighted by Crippen LogP contribution is 2.43. The first-order valence-electron chi connectivity index (χ1n) is 27.5. The van der Waals surface area contributed by atoms with E-state index >= 15 is 0 Å². The summed E-state index contributed by atoms with van der Waals surface area (Å²) < 4.78 is 4.38. The van der Waals surface area contributed by atoms with Crippen LogP contribution < -0.4 is 0 Å². The number of hydrogen-bond donors (Lipinski definition) is 0. The van der Waals surface area contributed by atoms with Gasteiger partial charge in [-0.05, 0) is 164 Å². The Bertz CT molecular complexity index is 4550. The number of aryl methyl sites for hydroxylation is 8. The molecule has 0 amide bonds. The highest BCUT2D eigenvalue weighted by molar-refractivity contribution is 6.13. The maximum atomic E-state index is 12.1. The zero-order chi connectivity index (χ0) is 57.5. The third-order valence-electron chi connectivity index (χ3n) is 15.0. The van der Waals surface area contributed by atoms with Crippen LogP contribution in [0, 0.1) is 66.7 Å². The van der Waals surface area contributed by atoms with Crippen molar-refractivity contribution in [2.24, 2.45) is 0 Å². The molecule has 84 heavy (non-hydrogen) atoms. The van der Waals surface area contributed by atoms with Gasteiger partial charge in [-0.15, -0.1) is 0 Å². The standard InChI is InChI=1S/C68H50N16/c1-36-70-37(2)75-65(74-36)45-21-25-59-52(29-45)53-30-46(66-76-38(3)71-39(4)77-66)22-26-60(53)83(59)63-33-49(57-19-14-20-58(82-57)51-18-13-12-17-50(51)44-15-10-9-11-16-44)34-64(56(63)35-69)84-61-27-23-47(67-78-40(5)72-41(6)79-67)31-54(61)55-32-48(24-28-62(55)84)68-80-42(7)73-43(8)81-68/h9-34H,1-8H3. The third kappa shape index (κ3) is 9.00. The van der Waals surface area contributed by atoms with Gasteiger partial charge in [-0.25, -0.2) is 64.8 Å². The summed E-state index contributed by atoms with van der Waals surface area (Å²) in [6, 6.07) is 56.8. The zero-order valence-corrected chi connectivity index (χ0v) is 47.2. The van der Waals surface area contributed by atoms with Crippen LogP contribution in [0.3, 0.4) is 0 Å². The summed E-state index contributed by atoms with van der Waals surface area (Å²) in [5.74, 6) is 7.21. The number of pyridine rings is 1. The second-order valence-electron chi connectivity index (χ2n) is 20.9. The van der Waals surface area contributed by atoms with Crippen molar-refractivity contribution in [1.29, 1.82) is 5.26 Å². The molecule has 0 aliphatic carbocycles. The van der Waals surface area contributed by atoms with Gasteiger partial charge in [0.1, 0.15) is 58.2 Å². The molecule has 16 nitrogen and oxygen atoms in total. The molecule has 7 aromatic carbocycles. The Morgan fingerprint density at radius 3 is 0.976 bits per heavy atom. The molecular formula is C68H50N16. The summed E-state index contributed by atoms with van der Waals surface area (Å²) in [5.41, 5.74) is 13.7. The van der Waals surface area contributed by atoms with Crippen molar-refractivity contribution in [2.45, 2.75) is 55.4 Å². The number of nitriles is 1. The molecule has 0 fully saturated rings. The summed E-state index contributed by atoms with van der Waals surface area (Å²) in [6.07, 6.45) is 0. The second-order valence-corrected chi connectivity index (χ2v) is 20.9. The van der Waals surface area contributed by atoms with Crippen molar-refractivity contribution in [3.8, 4) is 96.6 Å². The van der Waals surface area contributed by atoms with Crippen molar-refractivity contribution in [1.82, 2.24) is 73.9 Å². The lowest BCUT2D eigenvalue weighted by atomic mass is 9.97. The predicted octanol–water partition coefficient (Wildman–Crippen LogP) is 14.0. The van der Waals surface area contributed by atoms with E-state index in [1.807, 2.05) is 97.9 Å². The summed E-state index contributed by atoms with van der Waals surface area (Å²) >= 11 is 0. The van der Waals surface area contributed by atoms with Crippen molar-refractivity contribution < 1.29 is 0 Å². The van der Waals surface area contributed by atoms with Crippen molar-refractivity contribution in [3.63, 3.8) is 0 Å². The van der Waals surface area contributed by atoms with E-state index in [9.17, 15) is 5.26 Å². The molecule has 402 valence electrons. The molecule has 0 aliphatic rings. The Kier molecular flexibility index (Phi) is 12.2. The molecule has 0 N–H and O–H groups in total. The first-order chi connectivity index (χ1) is 40.8. The van der Waals surface area contributed by atoms with Crippen LogP contribution >= 0.6 is 0 Å². The number of nitrogens with zero attached hydrogens (tertiary/aromatic N) is 16. The van der Waals surface area contributed by atoms with Gasteiger partial charge < -0.3 is 9.13 Å². The first kappa shape index (κ1) is 51.0. The highest BCUT2D eigenvalue weighted by Gasteiger charge is 2.26. The molecular weight excluding hydrogens is 1040 g/mol. The molecule has 0 unspecified atom stereocenters. The van der Waals surface area contributed by atoms with E-state index in [0.29, 0.717) is 92.5 Å². The van der Waals surface area contributed by atoms with E-state index in [4.69, 9.17) is 44.9 Å². The van der Waals surface area contributed by atoms with Crippen molar-refractivity contribution >= 4 is 43.6 Å². The van der Waals surface area contributed by atoms with Gasteiger partial charge in [0.15, 0.2) is 23.3 Å². The van der Waals surface area contributed by atoms with Crippen molar-refractivity contribution in [3.05, 3.63) is 210 Å². The second kappa shape index (κ2) is 20.1. The monoisotopic (exact) mass is 1090 g/mol. The average molecular weight is 1090 g/mol. The average Bonchev–Trinajstić information content (AvgIpc) is 1.86. The van der Waals surface area contributed by atoms with Gasteiger partial charge in [0, 0.05) is 54.9 Å². The van der Waals surface area contributed by atoms with Crippen LogP contribution in [0.4, 0.5) is 0 Å². The summed E-state index contributed by atoms with van der Waals surface area (Å²) in [7, 11) is 0. The molecule has 16 heteroatoms. The fraction of sp³-hybridized carbons (Fsp3) is 0.118. The molecule has 0 saturated heterocycles. The van der Waals surface area contributed by atoms with E-state index in [2.05, 4.69) is 150 Å². The molecule has 7 heterocycles. The normalized spacial score (nSPS) is 11.6. The SMILES string of the molecule is Cc1nc(C)nc(-c2ccc3c(c2)c2cc(-c4nc(C)nc(C)n4)ccc2n3-c2cc(-c3cccc(-c4ccccc4-c4ccccc4)n3)cc(-n3c4ccc(-c5nc(C)nc(C)n5)cc4c4cc(-c5nc(C)nc(C)n5)ccc43)c2C#N)n1. The van der Waals surface area contributed by atoms with Gasteiger partial charge in [-0.1, -0.05) is 60.7 Å². The lowest BCUT2D eigenvalue weighted by Gasteiger charge is -2.19. The van der Waals surface area contributed by atoms with Gasteiger partial charge in [0.25, 0.3) is 0 Å². The zero-order valence-electron chi connectivity index (χ0n) is 47.2. The van der Waals surface area contributed by atoms with E-state index in [-0.39, 0.29) is 0 Å². The molecule has 14 rings (SSSR count). The minimum Gasteiger partial charge on any atom is -0.308 e. The largest absolute Gasteiger partial charge is 0.308 e. The number of aromatic nitrogens is 15. The summed E-state index contributed by atoms with van der Waals surface area (Å²) in [5, 5.41) is 15.7. The summed E-state index contributed by atoms with van der Waals surface area (Å²) in [4.78, 5) is 61.7. The Hall–Kier alpha value is -11.2. The maximum Gasteiger partial charge on any atom is 0.163 e. The van der Waals surface area contributed by atoms with Gasteiger partial charge in [-0.3, -0.25) is 0 Å². The van der Waals surface area contributed by atoms with Gasteiger partial charge in [-0.2, -0.15) is 5.26 Å². The fourth-order valence-corrected chi connectivity index (χ4v) is 11.6. The topological polar surface area (TPSA) is 201 Å². The fourth-order valence-electron chi connectivity index (χ4n) is 11.6. The molecule has 0 atom stereocenters. The minimum absolute atomic E-state index is 0.420. The Morgan fingerprint density at radius 2 is 0.619 bits per heavy atom. The summed E-state index contributed by atoms with van der Waals surface area (Å²) in [6.45, 7) is 15.0. The molecule has 0 saturated carbocycles. The quantitative estimate of drug-likeness (QED) is 0.132. The number of benzene rings is 7. The van der Waals surface area contributed by atoms with Gasteiger partial charge >= 0.3 is 0 Å². The number of hydrogen-bond acceptors (Lipinski definition) is 14. The van der Waals surface area contributed by atoms with Crippen LogP contribution in [0.1, 0.15) is 52.2 Å². The lowest BCUT2D eigenvalue weighted by molar-refractivity contribution is 0.928. The Labute approximate surface area is 482 Å². The molecule has 0 radical (unpaired) electrons. The number of rotatable bonds is 9. The van der Waals surface area contributed by atoms with Crippen LogP contribution in [-0.2, 0) is 0 Å². The molecule has 7 aromatic heterocycles.